The molecule has 2 N–H and O–H groups in total. The molecular formula is C19H26N4O2. The maximum Gasteiger partial charge on any atom is 0.317 e. The van der Waals surface area contributed by atoms with Gasteiger partial charge < -0.3 is 19.9 Å². The molecule has 0 aliphatic heterocycles. The van der Waals surface area contributed by atoms with Gasteiger partial charge >= 0.3 is 6.03 Å². The first-order valence-electron chi connectivity index (χ1n) is 8.84. The monoisotopic (exact) mass is 342 g/mol. The minimum absolute atomic E-state index is 0.131. The van der Waals surface area contributed by atoms with Crippen molar-refractivity contribution < 1.29 is 9.90 Å². The Bertz CT molecular complexity index is 686. The fraction of sp³-hybridized carbons (Fsp3) is 0.474. The summed E-state index contributed by atoms with van der Waals surface area (Å²) in [7, 11) is 1.77. The summed E-state index contributed by atoms with van der Waals surface area (Å²) >= 11 is 0. The molecule has 134 valence electrons. The Balaban J connectivity index is 1.51. The highest BCUT2D eigenvalue weighted by Crippen LogP contribution is 2.25. The molecule has 25 heavy (non-hydrogen) atoms. The molecule has 1 fully saturated rings. The Morgan fingerprint density at radius 3 is 2.88 bits per heavy atom. The van der Waals surface area contributed by atoms with Crippen LogP contribution in [0.2, 0.25) is 0 Å². The topological polar surface area (TPSA) is 70.4 Å². The Labute approximate surface area is 148 Å². The number of aromatic nitrogens is 2. The van der Waals surface area contributed by atoms with E-state index in [-0.39, 0.29) is 18.1 Å². The van der Waals surface area contributed by atoms with Crippen LogP contribution in [-0.2, 0) is 13.1 Å². The van der Waals surface area contributed by atoms with E-state index in [0.717, 1.165) is 31.6 Å². The lowest BCUT2D eigenvalue weighted by molar-refractivity contribution is 0.114. The van der Waals surface area contributed by atoms with E-state index in [2.05, 4.69) is 22.4 Å². The molecule has 0 radical (unpaired) electrons. The van der Waals surface area contributed by atoms with Gasteiger partial charge in [0.2, 0.25) is 0 Å². The molecule has 2 aromatic rings. The van der Waals surface area contributed by atoms with E-state index in [1.54, 1.807) is 18.1 Å². The predicted octanol–water partition coefficient (Wildman–Crippen LogP) is 2.23. The molecule has 0 saturated heterocycles. The van der Waals surface area contributed by atoms with Crippen LogP contribution in [0.3, 0.4) is 0 Å². The average molecular weight is 342 g/mol. The highest BCUT2D eigenvalue weighted by Gasteiger charge is 2.27. The fourth-order valence-corrected chi connectivity index (χ4v) is 3.39. The zero-order valence-corrected chi connectivity index (χ0v) is 14.6. The van der Waals surface area contributed by atoms with E-state index in [1.165, 1.54) is 5.56 Å². The molecule has 6 nitrogen and oxygen atoms in total. The van der Waals surface area contributed by atoms with Crippen molar-refractivity contribution in [2.75, 3.05) is 13.6 Å². The van der Waals surface area contributed by atoms with Crippen molar-refractivity contribution in [3.05, 3.63) is 54.1 Å². The van der Waals surface area contributed by atoms with Crippen LogP contribution in [0.1, 0.15) is 30.7 Å². The van der Waals surface area contributed by atoms with Crippen molar-refractivity contribution in [3.63, 3.8) is 0 Å². The van der Waals surface area contributed by atoms with Crippen LogP contribution in [0, 0.1) is 5.92 Å². The lowest BCUT2D eigenvalue weighted by Crippen LogP contribution is -2.41. The van der Waals surface area contributed by atoms with Gasteiger partial charge in [-0.05, 0) is 18.4 Å². The van der Waals surface area contributed by atoms with Crippen molar-refractivity contribution in [2.24, 2.45) is 5.92 Å². The summed E-state index contributed by atoms with van der Waals surface area (Å²) in [6.07, 6.45) is 6.27. The van der Waals surface area contributed by atoms with Gasteiger partial charge in [0.25, 0.3) is 0 Å². The molecule has 6 heteroatoms. The summed E-state index contributed by atoms with van der Waals surface area (Å²) in [6, 6.07) is 10.0. The van der Waals surface area contributed by atoms with E-state index in [0.29, 0.717) is 13.1 Å². The molecule has 1 aliphatic rings. The summed E-state index contributed by atoms with van der Waals surface area (Å²) < 4.78 is 2.04. The minimum Gasteiger partial charge on any atom is -0.393 e. The second-order valence-corrected chi connectivity index (χ2v) is 6.75. The third-order valence-corrected chi connectivity index (χ3v) is 4.87. The molecule has 2 atom stereocenters. The smallest absolute Gasteiger partial charge is 0.317 e. The number of aliphatic hydroxyl groups excluding tert-OH is 1. The van der Waals surface area contributed by atoms with E-state index in [1.807, 2.05) is 29.0 Å². The number of nitrogens with one attached hydrogen (secondary N) is 1. The van der Waals surface area contributed by atoms with Crippen LogP contribution >= 0.6 is 0 Å². The lowest BCUT2D eigenvalue weighted by Gasteiger charge is -2.23. The number of carbonyl (C=O) groups excluding carboxylic acids is 1. The maximum atomic E-state index is 12.3. The number of nitrogens with zero attached hydrogens (tertiary/aromatic N) is 3. The predicted molar refractivity (Wildman–Crippen MR) is 96.0 cm³/mol. The van der Waals surface area contributed by atoms with Crippen molar-refractivity contribution in [2.45, 2.75) is 38.5 Å². The first kappa shape index (κ1) is 17.5. The molecule has 0 spiro atoms. The highest BCUT2D eigenvalue weighted by atomic mass is 16.3. The third kappa shape index (κ3) is 4.60. The number of amides is 2. The number of rotatable bonds is 6. The number of benzene rings is 1. The van der Waals surface area contributed by atoms with E-state index in [4.69, 9.17) is 0 Å². The fourth-order valence-electron chi connectivity index (χ4n) is 3.39. The van der Waals surface area contributed by atoms with Gasteiger partial charge in [-0.3, -0.25) is 0 Å². The second kappa shape index (κ2) is 8.16. The average Bonchev–Trinajstić information content (AvgIpc) is 3.23. The Hall–Kier alpha value is -2.34. The van der Waals surface area contributed by atoms with Crippen LogP contribution in [0.4, 0.5) is 4.79 Å². The molecular weight excluding hydrogens is 316 g/mol. The van der Waals surface area contributed by atoms with Gasteiger partial charge in [-0.15, -0.1) is 0 Å². The van der Waals surface area contributed by atoms with Crippen molar-refractivity contribution in [1.82, 2.24) is 19.8 Å². The van der Waals surface area contributed by atoms with Crippen molar-refractivity contribution >= 4 is 6.03 Å². The SMILES string of the molecule is CN(CC1CCCC1O)C(=O)NCc1nccn1Cc1ccccc1. The zero-order valence-electron chi connectivity index (χ0n) is 14.6. The number of aliphatic hydroxyl groups is 1. The third-order valence-electron chi connectivity index (χ3n) is 4.87. The number of imidazole rings is 1. The van der Waals surface area contributed by atoms with Gasteiger partial charge in [0.05, 0.1) is 12.6 Å². The van der Waals surface area contributed by atoms with Gasteiger partial charge in [-0.1, -0.05) is 36.8 Å². The normalized spacial score (nSPS) is 19.8. The molecule has 1 aromatic carbocycles. The first-order valence-corrected chi connectivity index (χ1v) is 8.84. The molecule has 1 saturated carbocycles. The van der Waals surface area contributed by atoms with Gasteiger partial charge in [0.15, 0.2) is 0 Å². The Kier molecular flexibility index (Phi) is 5.71. The quantitative estimate of drug-likeness (QED) is 0.846. The van der Waals surface area contributed by atoms with E-state index < -0.39 is 0 Å². The summed E-state index contributed by atoms with van der Waals surface area (Å²) in [5.74, 6) is 1.02. The molecule has 3 rings (SSSR count). The highest BCUT2D eigenvalue weighted by molar-refractivity contribution is 5.73. The van der Waals surface area contributed by atoms with E-state index >= 15 is 0 Å². The molecule has 1 aromatic heterocycles. The summed E-state index contributed by atoms with van der Waals surface area (Å²) in [6.45, 7) is 1.71. The number of urea groups is 1. The standard InChI is InChI=1S/C19H26N4O2/c1-22(14-16-8-5-9-17(16)24)19(25)21-12-18-20-10-11-23(18)13-15-6-3-2-4-7-15/h2-4,6-7,10-11,16-17,24H,5,8-9,12-14H2,1H3,(H,21,25). The molecule has 1 aliphatic carbocycles. The van der Waals surface area contributed by atoms with Crippen molar-refractivity contribution in [1.29, 1.82) is 0 Å². The Morgan fingerprint density at radius 1 is 1.36 bits per heavy atom. The van der Waals surface area contributed by atoms with Crippen LogP contribution in [-0.4, -0.2) is 45.3 Å². The van der Waals surface area contributed by atoms with Crippen molar-refractivity contribution in [3.8, 4) is 0 Å². The van der Waals surface area contributed by atoms with Gasteiger partial charge in [-0.25, -0.2) is 9.78 Å². The van der Waals surface area contributed by atoms with Crippen LogP contribution < -0.4 is 5.32 Å². The van der Waals surface area contributed by atoms with E-state index in [9.17, 15) is 9.90 Å². The summed E-state index contributed by atoms with van der Waals surface area (Å²) in [5.41, 5.74) is 1.19. The number of carbonyl (C=O) groups is 1. The molecule has 0 bridgehead atoms. The maximum absolute atomic E-state index is 12.3. The second-order valence-electron chi connectivity index (χ2n) is 6.75. The van der Waals surface area contributed by atoms with Gasteiger partial charge in [0.1, 0.15) is 5.82 Å². The first-order chi connectivity index (χ1) is 12.1. The van der Waals surface area contributed by atoms with Crippen LogP contribution in [0.5, 0.6) is 0 Å². The lowest BCUT2D eigenvalue weighted by atomic mass is 10.1. The minimum atomic E-state index is -0.278. The van der Waals surface area contributed by atoms with Gasteiger partial charge in [-0.2, -0.15) is 0 Å². The zero-order chi connectivity index (χ0) is 17.6. The largest absolute Gasteiger partial charge is 0.393 e. The number of hydrogen-bond acceptors (Lipinski definition) is 3. The van der Waals surface area contributed by atoms with Gasteiger partial charge in [0, 0.05) is 38.4 Å². The Morgan fingerprint density at radius 2 is 2.16 bits per heavy atom. The van der Waals surface area contributed by atoms with Crippen LogP contribution in [0.15, 0.2) is 42.7 Å². The summed E-state index contributed by atoms with van der Waals surface area (Å²) in [4.78, 5) is 18.3. The molecule has 2 amide bonds. The molecule has 1 heterocycles. The van der Waals surface area contributed by atoms with Crippen LogP contribution in [0.25, 0.3) is 0 Å². The summed E-state index contributed by atoms with van der Waals surface area (Å²) in [5, 5.41) is 12.8. The molecule has 2 unspecified atom stereocenters. The number of hydrogen-bond donors (Lipinski definition) is 2.